The van der Waals surface area contributed by atoms with E-state index < -0.39 is 11.9 Å². The van der Waals surface area contributed by atoms with Crippen LogP contribution in [-0.2, 0) is 16.0 Å². The van der Waals surface area contributed by atoms with Crippen molar-refractivity contribution in [3.63, 3.8) is 0 Å². The van der Waals surface area contributed by atoms with Crippen molar-refractivity contribution in [1.29, 1.82) is 0 Å². The predicted octanol–water partition coefficient (Wildman–Crippen LogP) is 3.21. The highest BCUT2D eigenvalue weighted by Crippen LogP contribution is 2.31. The van der Waals surface area contributed by atoms with Gasteiger partial charge in [-0.15, -0.1) is 0 Å². The van der Waals surface area contributed by atoms with Gasteiger partial charge in [-0.2, -0.15) is 0 Å². The first-order valence-electron chi connectivity index (χ1n) is 8.20. The Morgan fingerprint density at radius 2 is 1.77 bits per heavy atom. The topological polar surface area (TPSA) is 95.4 Å². The fraction of sp³-hybridized carbons (Fsp3) is 0.150. The van der Waals surface area contributed by atoms with E-state index in [0.29, 0.717) is 22.6 Å². The second kappa shape index (κ2) is 7.65. The van der Waals surface area contributed by atoms with E-state index in [0.717, 1.165) is 5.56 Å². The third kappa shape index (κ3) is 3.64. The second-order valence-corrected chi connectivity index (χ2v) is 5.55. The lowest BCUT2D eigenvalue weighted by atomic mass is 10.1. The molecule has 0 saturated carbocycles. The number of primary amides is 1. The SMILES string of the molecule is CCOC(=O)Cc1oc(-c2ccccc2C(N)=O)nc1-c1ccccc1. The largest absolute Gasteiger partial charge is 0.466 e. The summed E-state index contributed by atoms with van der Waals surface area (Å²) >= 11 is 0. The monoisotopic (exact) mass is 350 g/mol. The molecule has 3 aromatic rings. The summed E-state index contributed by atoms with van der Waals surface area (Å²) in [6.45, 7) is 2.02. The van der Waals surface area contributed by atoms with Crippen LogP contribution in [0.4, 0.5) is 0 Å². The summed E-state index contributed by atoms with van der Waals surface area (Å²) < 4.78 is 10.9. The molecule has 1 heterocycles. The quantitative estimate of drug-likeness (QED) is 0.689. The molecule has 2 aromatic carbocycles. The molecule has 2 N–H and O–H groups in total. The van der Waals surface area contributed by atoms with Gasteiger partial charge in [0.15, 0.2) is 0 Å². The van der Waals surface area contributed by atoms with Crippen LogP contribution in [0.25, 0.3) is 22.7 Å². The number of amides is 1. The van der Waals surface area contributed by atoms with Crippen LogP contribution in [0.1, 0.15) is 23.0 Å². The Bertz CT molecular complexity index is 932. The lowest BCUT2D eigenvalue weighted by molar-refractivity contribution is -0.142. The van der Waals surface area contributed by atoms with E-state index in [9.17, 15) is 9.59 Å². The van der Waals surface area contributed by atoms with Crippen molar-refractivity contribution in [3.05, 3.63) is 65.9 Å². The maximum Gasteiger partial charge on any atom is 0.313 e. The number of oxazole rings is 1. The molecular formula is C20H18N2O4. The molecule has 0 aliphatic heterocycles. The van der Waals surface area contributed by atoms with Gasteiger partial charge in [-0.1, -0.05) is 42.5 Å². The van der Waals surface area contributed by atoms with Crippen molar-refractivity contribution in [2.75, 3.05) is 6.61 Å². The summed E-state index contributed by atoms with van der Waals surface area (Å²) in [5.74, 6) is -0.371. The Labute approximate surface area is 150 Å². The molecular weight excluding hydrogens is 332 g/mol. The molecule has 3 rings (SSSR count). The number of carbonyl (C=O) groups is 2. The van der Waals surface area contributed by atoms with E-state index in [2.05, 4.69) is 4.98 Å². The number of hydrogen-bond donors (Lipinski definition) is 1. The summed E-state index contributed by atoms with van der Waals surface area (Å²) in [6.07, 6.45) is -0.0518. The number of rotatable bonds is 6. The minimum absolute atomic E-state index is 0.0518. The fourth-order valence-corrected chi connectivity index (χ4v) is 2.64. The third-order valence-corrected chi connectivity index (χ3v) is 3.78. The van der Waals surface area contributed by atoms with Crippen LogP contribution in [0.15, 0.2) is 59.0 Å². The van der Waals surface area contributed by atoms with Crippen LogP contribution in [0.2, 0.25) is 0 Å². The molecule has 0 radical (unpaired) electrons. The lowest BCUT2D eigenvalue weighted by Gasteiger charge is -2.02. The average Bonchev–Trinajstić information content (AvgIpc) is 3.06. The molecule has 0 aliphatic rings. The molecule has 6 nitrogen and oxygen atoms in total. The Kier molecular flexibility index (Phi) is 5.12. The van der Waals surface area contributed by atoms with Crippen LogP contribution in [0.5, 0.6) is 0 Å². The highest BCUT2D eigenvalue weighted by Gasteiger charge is 2.21. The minimum Gasteiger partial charge on any atom is -0.466 e. The van der Waals surface area contributed by atoms with Crippen LogP contribution in [0.3, 0.4) is 0 Å². The number of aromatic nitrogens is 1. The van der Waals surface area contributed by atoms with Crippen molar-refractivity contribution < 1.29 is 18.7 Å². The van der Waals surface area contributed by atoms with Gasteiger partial charge in [0.1, 0.15) is 17.9 Å². The van der Waals surface area contributed by atoms with Gasteiger partial charge in [-0.25, -0.2) is 4.98 Å². The highest BCUT2D eigenvalue weighted by molar-refractivity contribution is 5.99. The maximum atomic E-state index is 11.9. The lowest BCUT2D eigenvalue weighted by Crippen LogP contribution is -2.12. The first-order valence-corrected chi connectivity index (χ1v) is 8.20. The van der Waals surface area contributed by atoms with Gasteiger partial charge in [-0.3, -0.25) is 9.59 Å². The molecule has 132 valence electrons. The third-order valence-electron chi connectivity index (χ3n) is 3.78. The summed E-state index contributed by atoms with van der Waals surface area (Å²) in [4.78, 5) is 28.2. The Morgan fingerprint density at radius 1 is 1.08 bits per heavy atom. The average molecular weight is 350 g/mol. The molecule has 0 spiro atoms. The number of nitrogens with zero attached hydrogens (tertiary/aromatic N) is 1. The van der Waals surface area contributed by atoms with Crippen LogP contribution in [0, 0.1) is 0 Å². The Balaban J connectivity index is 2.10. The van der Waals surface area contributed by atoms with Gasteiger partial charge in [0.25, 0.3) is 0 Å². The molecule has 0 unspecified atom stereocenters. The molecule has 1 amide bonds. The number of nitrogens with two attached hydrogens (primary N) is 1. The van der Waals surface area contributed by atoms with Crippen molar-refractivity contribution in [1.82, 2.24) is 4.98 Å². The van der Waals surface area contributed by atoms with Crippen molar-refractivity contribution in [2.45, 2.75) is 13.3 Å². The summed E-state index contributed by atoms with van der Waals surface area (Å²) in [5.41, 5.74) is 7.57. The van der Waals surface area contributed by atoms with Crippen molar-refractivity contribution in [3.8, 4) is 22.7 Å². The van der Waals surface area contributed by atoms with Crippen LogP contribution >= 0.6 is 0 Å². The van der Waals surface area contributed by atoms with E-state index in [1.165, 1.54) is 0 Å². The number of carbonyl (C=O) groups excluding carboxylic acids is 2. The van der Waals surface area contributed by atoms with Gasteiger partial charge in [0.05, 0.1) is 12.2 Å². The Hall–Kier alpha value is -3.41. The van der Waals surface area contributed by atoms with E-state index in [1.54, 1.807) is 31.2 Å². The van der Waals surface area contributed by atoms with Crippen molar-refractivity contribution >= 4 is 11.9 Å². The van der Waals surface area contributed by atoms with Crippen molar-refractivity contribution in [2.24, 2.45) is 5.73 Å². The predicted molar refractivity (Wildman–Crippen MR) is 96.2 cm³/mol. The first-order chi connectivity index (χ1) is 12.6. The van der Waals surface area contributed by atoms with Crippen LogP contribution in [-0.4, -0.2) is 23.5 Å². The maximum absolute atomic E-state index is 11.9. The molecule has 1 aromatic heterocycles. The number of benzene rings is 2. The zero-order chi connectivity index (χ0) is 18.5. The zero-order valence-electron chi connectivity index (χ0n) is 14.3. The molecule has 6 heteroatoms. The zero-order valence-corrected chi connectivity index (χ0v) is 14.3. The number of esters is 1. The van der Waals surface area contributed by atoms with Gasteiger partial charge in [-0.05, 0) is 19.1 Å². The van der Waals surface area contributed by atoms with Crippen LogP contribution < -0.4 is 5.73 Å². The Morgan fingerprint density at radius 3 is 2.46 bits per heavy atom. The van der Waals surface area contributed by atoms with E-state index in [4.69, 9.17) is 14.9 Å². The normalized spacial score (nSPS) is 10.5. The van der Waals surface area contributed by atoms with Gasteiger partial charge < -0.3 is 14.9 Å². The number of ether oxygens (including phenoxy) is 1. The van der Waals surface area contributed by atoms with E-state index in [-0.39, 0.29) is 18.9 Å². The summed E-state index contributed by atoms with van der Waals surface area (Å²) in [5, 5.41) is 0. The van der Waals surface area contributed by atoms with E-state index >= 15 is 0 Å². The molecule has 0 bridgehead atoms. The van der Waals surface area contributed by atoms with E-state index in [1.807, 2.05) is 30.3 Å². The minimum atomic E-state index is -0.577. The molecule has 0 fully saturated rings. The summed E-state index contributed by atoms with van der Waals surface area (Å²) in [7, 11) is 0. The fourth-order valence-electron chi connectivity index (χ4n) is 2.64. The molecule has 26 heavy (non-hydrogen) atoms. The number of hydrogen-bond acceptors (Lipinski definition) is 5. The second-order valence-electron chi connectivity index (χ2n) is 5.55. The first kappa shape index (κ1) is 17.4. The summed E-state index contributed by atoms with van der Waals surface area (Å²) in [6, 6.07) is 16.2. The highest BCUT2D eigenvalue weighted by atomic mass is 16.5. The molecule has 0 atom stereocenters. The van der Waals surface area contributed by atoms with Gasteiger partial charge >= 0.3 is 5.97 Å². The standard InChI is InChI=1S/C20H18N2O4/c1-2-25-17(23)12-16-18(13-8-4-3-5-9-13)22-20(26-16)15-11-7-6-10-14(15)19(21)24/h3-11H,2,12H2,1H3,(H2,21,24). The van der Waals surface area contributed by atoms with Gasteiger partial charge in [0, 0.05) is 11.1 Å². The van der Waals surface area contributed by atoms with Gasteiger partial charge in [0.2, 0.25) is 11.8 Å². The molecule has 0 aliphatic carbocycles. The smallest absolute Gasteiger partial charge is 0.313 e. The molecule has 0 saturated heterocycles.